The summed E-state index contributed by atoms with van der Waals surface area (Å²) in [4.78, 5) is 11.8. The van der Waals surface area contributed by atoms with Gasteiger partial charge in [-0.2, -0.15) is 0 Å². The molecule has 2 amide bonds. The van der Waals surface area contributed by atoms with Gasteiger partial charge >= 0.3 is 6.03 Å². The number of hydrogen-bond donors (Lipinski definition) is 3. The van der Waals surface area contributed by atoms with Crippen LogP contribution in [0, 0.1) is 5.41 Å². The molecule has 0 saturated heterocycles. The van der Waals surface area contributed by atoms with Crippen LogP contribution < -0.4 is 10.6 Å². The molecule has 6 nitrogen and oxygen atoms in total. The van der Waals surface area contributed by atoms with Crippen LogP contribution in [0.2, 0.25) is 0 Å². The van der Waals surface area contributed by atoms with E-state index in [1.807, 2.05) is 34.6 Å². The Bertz CT molecular complexity index is 473. The van der Waals surface area contributed by atoms with Gasteiger partial charge in [-0.15, -0.1) is 0 Å². The Labute approximate surface area is 126 Å². The average molecular weight is 297 g/mol. The fraction of sp³-hybridized carbons (Fsp3) is 0.733. The maximum absolute atomic E-state index is 11.8. The van der Waals surface area contributed by atoms with Crippen molar-refractivity contribution in [1.82, 2.24) is 10.5 Å². The van der Waals surface area contributed by atoms with Gasteiger partial charge in [0.05, 0.1) is 6.10 Å². The first-order valence-corrected chi connectivity index (χ1v) is 7.20. The summed E-state index contributed by atoms with van der Waals surface area (Å²) in [6, 6.07) is 1.39. The number of urea groups is 1. The molecule has 0 saturated carbocycles. The lowest BCUT2D eigenvalue weighted by Crippen LogP contribution is -2.38. The number of hydrogen-bond acceptors (Lipinski definition) is 4. The number of rotatable bonds is 5. The highest BCUT2D eigenvalue weighted by Crippen LogP contribution is 2.24. The molecule has 6 heteroatoms. The Morgan fingerprint density at radius 2 is 2.00 bits per heavy atom. The van der Waals surface area contributed by atoms with Crippen LogP contribution in [0.3, 0.4) is 0 Å². The van der Waals surface area contributed by atoms with E-state index >= 15 is 0 Å². The monoisotopic (exact) mass is 297 g/mol. The maximum atomic E-state index is 11.8. The Morgan fingerprint density at radius 1 is 1.38 bits per heavy atom. The number of nitrogens with zero attached hydrogens (tertiary/aromatic N) is 1. The maximum Gasteiger partial charge on any atom is 0.320 e. The second-order valence-electron chi connectivity index (χ2n) is 7.35. The fourth-order valence-corrected chi connectivity index (χ4v) is 2.04. The average Bonchev–Trinajstić information content (AvgIpc) is 2.73. The first kappa shape index (κ1) is 17.5. The lowest BCUT2D eigenvalue weighted by molar-refractivity contribution is 0.129. The summed E-state index contributed by atoms with van der Waals surface area (Å²) in [6.45, 7) is 12.2. The second-order valence-corrected chi connectivity index (χ2v) is 7.35. The van der Waals surface area contributed by atoms with E-state index in [-0.39, 0.29) is 16.9 Å². The van der Waals surface area contributed by atoms with E-state index < -0.39 is 6.10 Å². The number of aliphatic hydroxyl groups excluding tert-OH is 1. The van der Waals surface area contributed by atoms with Crippen molar-refractivity contribution in [2.75, 3.05) is 11.9 Å². The number of amides is 2. The smallest absolute Gasteiger partial charge is 0.320 e. The minimum absolute atomic E-state index is 0.150. The highest BCUT2D eigenvalue weighted by atomic mass is 16.5. The van der Waals surface area contributed by atoms with Gasteiger partial charge in [-0.05, 0) is 18.8 Å². The lowest BCUT2D eigenvalue weighted by Gasteiger charge is -2.26. The van der Waals surface area contributed by atoms with Crippen LogP contribution >= 0.6 is 0 Å². The molecule has 1 heterocycles. The molecule has 0 aromatic carbocycles. The molecule has 21 heavy (non-hydrogen) atoms. The van der Waals surface area contributed by atoms with Gasteiger partial charge in [-0.1, -0.05) is 39.8 Å². The Morgan fingerprint density at radius 3 is 2.48 bits per heavy atom. The Balaban J connectivity index is 2.49. The number of anilines is 1. The molecule has 0 bridgehead atoms. The van der Waals surface area contributed by atoms with Crippen molar-refractivity contribution in [3.05, 3.63) is 11.8 Å². The van der Waals surface area contributed by atoms with Crippen molar-refractivity contribution in [3.8, 4) is 0 Å². The molecule has 1 unspecified atom stereocenters. The topological polar surface area (TPSA) is 87.4 Å². The number of carbonyl (C=O) groups is 1. The highest BCUT2D eigenvalue weighted by Gasteiger charge is 2.22. The standard InChI is InChI=1S/C15H27N3O3/c1-10(19)8-15(5,6)9-16-13(20)17-12-7-11(21-18-12)14(2,3)4/h7,10,19H,8-9H2,1-6H3,(H2,16,17,18,20). The van der Waals surface area contributed by atoms with Crippen LogP contribution in [0.5, 0.6) is 0 Å². The zero-order valence-electron chi connectivity index (χ0n) is 13.8. The second kappa shape index (κ2) is 6.47. The van der Waals surface area contributed by atoms with E-state index in [2.05, 4.69) is 15.8 Å². The molecule has 1 atom stereocenters. The normalized spacial score (nSPS) is 13.9. The van der Waals surface area contributed by atoms with Crippen LogP contribution in [0.4, 0.5) is 10.6 Å². The molecule has 0 aliphatic carbocycles. The van der Waals surface area contributed by atoms with Crippen LogP contribution in [0.25, 0.3) is 0 Å². The van der Waals surface area contributed by atoms with Crippen molar-refractivity contribution in [2.24, 2.45) is 5.41 Å². The number of aliphatic hydroxyl groups is 1. The van der Waals surface area contributed by atoms with Crippen LogP contribution in [-0.2, 0) is 5.41 Å². The molecular formula is C15H27N3O3. The first-order valence-electron chi connectivity index (χ1n) is 7.20. The third-order valence-electron chi connectivity index (χ3n) is 3.07. The van der Waals surface area contributed by atoms with Gasteiger partial charge in [0.1, 0.15) is 5.76 Å². The van der Waals surface area contributed by atoms with Gasteiger partial charge in [-0.3, -0.25) is 5.32 Å². The molecule has 0 aliphatic rings. The lowest BCUT2D eigenvalue weighted by atomic mass is 9.87. The van der Waals surface area contributed by atoms with E-state index in [1.54, 1.807) is 13.0 Å². The fourth-order valence-electron chi connectivity index (χ4n) is 2.04. The summed E-state index contributed by atoms with van der Waals surface area (Å²) < 4.78 is 5.20. The van der Waals surface area contributed by atoms with Crippen molar-refractivity contribution in [3.63, 3.8) is 0 Å². The van der Waals surface area contributed by atoms with Crippen LogP contribution in [0.1, 0.15) is 53.7 Å². The van der Waals surface area contributed by atoms with E-state index in [4.69, 9.17) is 4.52 Å². The van der Waals surface area contributed by atoms with E-state index in [1.165, 1.54) is 0 Å². The number of carbonyl (C=O) groups excluding carboxylic acids is 1. The van der Waals surface area contributed by atoms with E-state index in [9.17, 15) is 9.90 Å². The number of nitrogens with one attached hydrogen (secondary N) is 2. The van der Waals surface area contributed by atoms with Gasteiger partial charge in [0.15, 0.2) is 5.82 Å². The summed E-state index contributed by atoms with van der Waals surface area (Å²) in [5.41, 5.74) is -0.325. The quantitative estimate of drug-likeness (QED) is 0.780. The minimum Gasteiger partial charge on any atom is -0.393 e. The Kier molecular flexibility index (Phi) is 5.39. The van der Waals surface area contributed by atoms with Crippen molar-refractivity contribution in [2.45, 2.75) is 59.5 Å². The summed E-state index contributed by atoms with van der Waals surface area (Å²) in [5.74, 6) is 1.11. The van der Waals surface area contributed by atoms with Gasteiger partial charge in [0, 0.05) is 18.0 Å². The molecule has 1 aromatic rings. The predicted molar refractivity (Wildman–Crippen MR) is 82.3 cm³/mol. The van der Waals surface area contributed by atoms with E-state index in [0.717, 1.165) is 0 Å². The summed E-state index contributed by atoms with van der Waals surface area (Å²) >= 11 is 0. The van der Waals surface area contributed by atoms with Crippen molar-refractivity contribution in [1.29, 1.82) is 0 Å². The zero-order chi connectivity index (χ0) is 16.3. The van der Waals surface area contributed by atoms with Gasteiger partial charge in [0.25, 0.3) is 0 Å². The van der Waals surface area contributed by atoms with Crippen LogP contribution in [0.15, 0.2) is 10.6 Å². The van der Waals surface area contributed by atoms with Gasteiger partial charge in [0.2, 0.25) is 0 Å². The number of aromatic nitrogens is 1. The summed E-state index contributed by atoms with van der Waals surface area (Å²) in [5, 5.41) is 18.7. The summed E-state index contributed by atoms with van der Waals surface area (Å²) in [7, 11) is 0. The third kappa shape index (κ3) is 6.16. The predicted octanol–water partition coefficient (Wildman–Crippen LogP) is 2.89. The molecule has 1 rings (SSSR count). The molecule has 3 N–H and O–H groups in total. The summed E-state index contributed by atoms with van der Waals surface area (Å²) in [6.07, 6.45) is 0.223. The first-order chi connectivity index (χ1) is 9.49. The third-order valence-corrected chi connectivity index (χ3v) is 3.07. The molecular weight excluding hydrogens is 270 g/mol. The van der Waals surface area contributed by atoms with Crippen LogP contribution in [-0.4, -0.2) is 28.9 Å². The molecule has 0 spiro atoms. The molecule has 0 aliphatic heterocycles. The van der Waals surface area contributed by atoms with Gasteiger partial charge < -0.3 is 14.9 Å². The Hall–Kier alpha value is -1.56. The van der Waals surface area contributed by atoms with E-state index in [0.29, 0.717) is 24.5 Å². The van der Waals surface area contributed by atoms with Crippen molar-refractivity contribution < 1.29 is 14.4 Å². The molecule has 0 fully saturated rings. The zero-order valence-corrected chi connectivity index (χ0v) is 13.8. The molecule has 0 radical (unpaired) electrons. The molecule has 120 valence electrons. The van der Waals surface area contributed by atoms with Gasteiger partial charge in [-0.25, -0.2) is 4.79 Å². The van der Waals surface area contributed by atoms with Crippen molar-refractivity contribution >= 4 is 11.8 Å². The molecule has 1 aromatic heterocycles. The largest absolute Gasteiger partial charge is 0.393 e. The minimum atomic E-state index is -0.394. The highest BCUT2D eigenvalue weighted by molar-refractivity contribution is 5.88. The SMILES string of the molecule is CC(O)CC(C)(C)CNC(=O)Nc1cc(C(C)(C)C)on1.